The molecule has 7 heteroatoms. The summed E-state index contributed by atoms with van der Waals surface area (Å²) >= 11 is 0. The lowest BCUT2D eigenvalue weighted by molar-refractivity contribution is 0.0376. The molecule has 0 radical (unpaired) electrons. The van der Waals surface area contributed by atoms with Gasteiger partial charge in [-0.2, -0.15) is 0 Å². The Labute approximate surface area is 143 Å². The first-order valence-corrected chi connectivity index (χ1v) is 7.07. The van der Waals surface area contributed by atoms with E-state index in [1.165, 1.54) is 0 Å². The molecule has 0 aromatic carbocycles. The lowest BCUT2D eigenvalue weighted by atomic mass is 10.3. The van der Waals surface area contributed by atoms with Crippen LogP contribution in [0.1, 0.15) is 12.0 Å². The molecule has 1 aliphatic rings. The highest BCUT2D eigenvalue weighted by Crippen LogP contribution is 1.98. The van der Waals surface area contributed by atoms with Gasteiger partial charge >= 0.3 is 0 Å². The maximum atomic E-state index is 5.83. The highest BCUT2D eigenvalue weighted by molar-refractivity contribution is 14.0. The summed E-state index contributed by atoms with van der Waals surface area (Å²) in [5.41, 5.74) is 6.89. The van der Waals surface area contributed by atoms with Gasteiger partial charge in [0.25, 0.3) is 0 Å². The first kappa shape index (κ1) is 18.1. The van der Waals surface area contributed by atoms with E-state index in [0.717, 1.165) is 51.4 Å². The summed E-state index contributed by atoms with van der Waals surface area (Å²) < 4.78 is 5.32. The van der Waals surface area contributed by atoms with Crippen LogP contribution in [0.4, 0.5) is 0 Å². The van der Waals surface area contributed by atoms with Gasteiger partial charge in [-0.05, 0) is 24.6 Å². The molecule has 0 bridgehead atoms. The van der Waals surface area contributed by atoms with Crippen LogP contribution in [0.25, 0.3) is 0 Å². The molecule has 1 aromatic heterocycles. The molecule has 0 saturated carbocycles. The van der Waals surface area contributed by atoms with Crippen molar-refractivity contribution >= 4 is 29.9 Å². The van der Waals surface area contributed by atoms with Crippen LogP contribution in [0.3, 0.4) is 0 Å². The molecule has 21 heavy (non-hydrogen) atoms. The quantitative estimate of drug-likeness (QED) is 0.317. The molecule has 1 fully saturated rings. The Balaban J connectivity index is 0.00000220. The number of aliphatic imine (C=N–C) groups is 1. The van der Waals surface area contributed by atoms with Gasteiger partial charge < -0.3 is 15.8 Å². The van der Waals surface area contributed by atoms with Crippen molar-refractivity contribution < 1.29 is 4.74 Å². The Morgan fingerprint density at radius 1 is 1.43 bits per heavy atom. The number of hydrogen-bond donors (Lipinski definition) is 2. The largest absolute Gasteiger partial charge is 0.379 e. The fourth-order valence-electron chi connectivity index (χ4n) is 2.07. The fraction of sp³-hybridized carbons (Fsp3) is 0.571. The second-order valence-electron chi connectivity index (χ2n) is 4.80. The normalized spacial score (nSPS) is 16.3. The molecule has 2 rings (SSSR count). The number of ether oxygens (including phenoxy) is 1. The summed E-state index contributed by atoms with van der Waals surface area (Å²) in [6, 6.07) is 3.89. The van der Waals surface area contributed by atoms with Crippen molar-refractivity contribution in [3.63, 3.8) is 0 Å². The van der Waals surface area contributed by atoms with Gasteiger partial charge in [-0.1, -0.05) is 6.07 Å². The highest BCUT2D eigenvalue weighted by Gasteiger charge is 2.08. The van der Waals surface area contributed by atoms with Gasteiger partial charge in [-0.15, -0.1) is 24.0 Å². The second-order valence-corrected chi connectivity index (χ2v) is 4.80. The first-order chi connectivity index (χ1) is 9.84. The summed E-state index contributed by atoms with van der Waals surface area (Å²) in [6.45, 7) is 6.25. The highest BCUT2D eigenvalue weighted by atomic mass is 127. The SMILES string of the molecule is I.NC(=NCc1cccnc1)NCCCN1CCOCC1. The number of nitrogens with one attached hydrogen (secondary N) is 1. The minimum absolute atomic E-state index is 0. The fourth-order valence-corrected chi connectivity index (χ4v) is 2.07. The number of rotatable bonds is 6. The third-order valence-electron chi connectivity index (χ3n) is 3.22. The predicted octanol–water partition coefficient (Wildman–Crippen LogP) is 0.826. The summed E-state index contributed by atoms with van der Waals surface area (Å²) in [5, 5.41) is 3.14. The number of halogens is 1. The van der Waals surface area contributed by atoms with E-state index in [2.05, 4.69) is 20.2 Å². The molecule has 2 heterocycles. The average molecular weight is 405 g/mol. The van der Waals surface area contributed by atoms with Crippen molar-refractivity contribution in [3.8, 4) is 0 Å². The molecule has 1 aliphatic heterocycles. The van der Waals surface area contributed by atoms with Gasteiger partial charge in [-0.3, -0.25) is 9.88 Å². The minimum atomic E-state index is 0. The monoisotopic (exact) mass is 405 g/mol. The third-order valence-corrected chi connectivity index (χ3v) is 3.22. The van der Waals surface area contributed by atoms with E-state index < -0.39 is 0 Å². The van der Waals surface area contributed by atoms with E-state index in [-0.39, 0.29) is 24.0 Å². The Morgan fingerprint density at radius 3 is 2.95 bits per heavy atom. The van der Waals surface area contributed by atoms with Crippen molar-refractivity contribution in [2.75, 3.05) is 39.4 Å². The van der Waals surface area contributed by atoms with Gasteiger partial charge in [0.05, 0.1) is 19.8 Å². The Hall–Kier alpha value is -0.930. The zero-order chi connectivity index (χ0) is 14.0. The zero-order valence-corrected chi connectivity index (χ0v) is 14.5. The average Bonchev–Trinajstić information content (AvgIpc) is 2.52. The Bertz CT molecular complexity index is 409. The number of morpholine rings is 1. The van der Waals surface area contributed by atoms with Gasteiger partial charge in [0.1, 0.15) is 0 Å². The van der Waals surface area contributed by atoms with E-state index in [1.54, 1.807) is 12.4 Å². The van der Waals surface area contributed by atoms with Crippen LogP contribution < -0.4 is 11.1 Å². The summed E-state index contributed by atoms with van der Waals surface area (Å²) in [4.78, 5) is 10.7. The summed E-state index contributed by atoms with van der Waals surface area (Å²) in [7, 11) is 0. The summed E-state index contributed by atoms with van der Waals surface area (Å²) in [6.07, 6.45) is 4.61. The topological polar surface area (TPSA) is 75.8 Å². The van der Waals surface area contributed by atoms with Gasteiger partial charge in [0.15, 0.2) is 5.96 Å². The Kier molecular flexibility index (Phi) is 9.27. The van der Waals surface area contributed by atoms with Crippen LogP contribution in [0.15, 0.2) is 29.5 Å². The van der Waals surface area contributed by atoms with Crippen molar-refractivity contribution in [1.82, 2.24) is 15.2 Å². The van der Waals surface area contributed by atoms with Crippen LogP contribution in [0, 0.1) is 0 Å². The number of nitrogens with zero attached hydrogens (tertiary/aromatic N) is 3. The van der Waals surface area contributed by atoms with Crippen LogP contribution in [0.2, 0.25) is 0 Å². The van der Waals surface area contributed by atoms with Crippen molar-refractivity contribution in [3.05, 3.63) is 30.1 Å². The molecular weight excluding hydrogens is 381 g/mol. The minimum Gasteiger partial charge on any atom is -0.379 e. The van der Waals surface area contributed by atoms with E-state index in [0.29, 0.717) is 12.5 Å². The van der Waals surface area contributed by atoms with Crippen LogP contribution >= 0.6 is 24.0 Å². The predicted molar refractivity (Wildman–Crippen MR) is 94.9 cm³/mol. The number of pyridine rings is 1. The lowest BCUT2D eigenvalue weighted by Crippen LogP contribution is -2.39. The number of hydrogen-bond acceptors (Lipinski definition) is 4. The summed E-state index contributed by atoms with van der Waals surface area (Å²) in [5.74, 6) is 0.496. The van der Waals surface area contributed by atoms with E-state index in [4.69, 9.17) is 10.5 Å². The van der Waals surface area contributed by atoms with E-state index in [9.17, 15) is 0 Å². The lowest BCUT2D eigenvalue weighted by Gasteiger charge is -2.26. The van der Waals surface area contributed by atoms with Gasteiger partial charge in [0, 0.05) is 32.0 Å². The molecule has 0 unspecified atom stereocenters. The molecule has 0 amide bonds. The first-order valence-electron chi connectivity index (χ1n) is 7.07. The van der Waals surface area contributed by atoms with Crippen molar-refractivity contribution in [2.45, 2.75) is 13.0 Å². The molecule has 118 valence electrons. The van der Waals surface area contributed by atoms with Crippen LogP contribution in [-0.2, 0) is 11.3 Å². The number of nitrogens with two attached hydrogens (primary N) is 1. The molecule has 0 atom stereocenters. The molecule has 1 saturated heterocycles. The smallest absolute Gasteiger partial charge is 0.188 e. The van der Waals surface area contributed by atoms with E-state index >= 15 is 0 Å². The van der Waals surface area contributed by atoms with Crippen molar-refractivity contribution in [1.29, 1.82) is 0 Å². The second kappa shape index (κ2) is 10.7. The Morgan fingerprint density at radius 2 is 2.24 bits per heavy atom. The third kappa shape index (κ3) is 7.58. The zero-order valence-electron chi connectivity index (χ0n) is 12.2. The standard InChI is InChI=1S/C14H23N5O.HI/c15-14(18-12-13-3-1-4-16-11-13)17-5-2-6-19-7-9-20-10-8-19;/h1,3-4,11H,2,5-10,12H2,(H3,15,17,18);1H. The maximum Gasteiger partial charge on any atom is 0.188 e. The van der Waals surface area contributed by atoms with Crippen LogP contribution in [-0.4, -0.2) is 55.2 Å². The molecule has 3 N–H and O–H groups in total. The number of guanidine groups is 1. The van der Waals surface area contributed by atoms with Gasteiger partial charge in [-0.25, -0.2) is 4.99 Å². The van der Waals surface area contributed by atoms with Gasteiger partial charge in [0.2, 0.25) is 0 Å². The van der Waals surface area contributed by atoms with E-state index in [1.807, 2.05) is 12.1 Å². The van der Waals surface area contributed by atoms with Crippen LogP contribution in [0.5, 0.6) is 0 Å². The molecule has 0 spiro atoms. The number of aromatic nitrogens is 1. The maximum absolute atomic E-state index is 5.83. The molecule has 1 aromatic rings. The van der Waals surface area contributed by atoms with Crippen molar-refractivity contribution in [2.24, 2.45) is 10.7 Å². The molecule has 0 aliphatic carbocycles. The molecular formula is C14H24IN5O. The molecule has 6 nitrogen and oxygen atoms in total.